The third kappa shape index (κ3) is 5.02. The number of carbonyl (C=O) groups is 2. The summed E-state index contributed by atoms with van der Waals surface area (Å²) in [5.74, 6) is 2.18. The molecule has 45 heavy (non-hydrogen) atoms. The van der Waals surface area contributed by atoms with Gasteiger partial charge in [-0.1, -0.05) is 18.2 Å². The first-order valence-electron chi connectivity index (χ1n) is 16.6. The number of rotatable bonds is 8. The molecule has 0 radical (unpaired) electrons. The first-order valence-corrected chi connectivity index (χ1v) is 16.6. The van der Waals surface area contributed by atoms with Gasteiger partial charge in [-0.15, -0.1) is 0 Å². The monoisotopic (exact) mass is 607 g/mol. The number of esters is 1. The number of hydrogen-bond acceptors (Lipinski definition) is 6. The Labute approximate surface area is 266 Å². The summed E-state index contributed by atoms with van der Waals surface area (Å²) in [6.07, 6.45) is 6.55. The van der Waals surface area contributed by atoms with Crippen molar-refractivity contribution in [3.05, 3.63) is 70.4 Å². The van der Waals surface area contributed by atoms with Crippen molar-refractivity contribution in [1.82, 2.24) is 19.6 Å². The maximum absolute atomic E-state index is 13.7. The van der Waals surface area contributed by atoms with Gasteiger partial charge >= 0.3 is 5.97 Å². The highest BCUT2D eigenvalue weighted by Gasteiger charge is 2.64. The smallest absolute Gasteiger partial charge is 0.341 e. The molecule has 0 atom stereocenters. The van der Waals surface area contributed by atoms with Gasteiger partial charge in [0.25, 0.3) is 5.91 Å². The molecule has 0 saturated heterocycles. The van der Waals surface area contributed by atoms with E-state index in [2.05, 4.69) is 36.9 Å². The van der Waals surface area contributed by atoms with Crippen LogP contribution in [0.4, 0.5) is 0 Å². The van der Waals surface area contributed by atoms with E-state index in [-0.39, 0.29) is 23.7 Å². The molecule has 1 amide bonds. The largest absolute Gasteiger partial charge is 0.404 e. The van der Waals surface area contributed by atoms with Crippen molar-refractivity contribution in [3.63, 3.8) is 0 Å². The molecule has 2 aromatic carbocycles. The molecule has 8 heteroatoms. The lowest BCUT2D eigenvalue weighted by Gasteiger charge is -2.56. The quantitative estimate of drug-likeness (QED) is 0.294. The molecule has 0 unspecified atom stereocenters. The van der Waals surface area contributed by atoms with E-state index in [4.69, 9.17) is 14.8 Å². The van der Waals surface area contributed by atoms with Crippen LogP contribution in [0.3, 0.4) is 0 Å². The molecule has 3 aromatic rings. The number of cyclic esters (lactones) is 1. The lowest BCUT2D eigenvalue weighted by molar-refractivity contribution is -0.153. The molecule has 1 spiro atoms. The summed E-state index contributed by atoms with van der Waals surface area (Å²) >= 11 is 0. The van der Waals surface area contributed by atoms with Crippen molar-refractivity contribution >= 4 is 17.8 Å². The Morgan fingerprint density at radius 2 is 1.58 bits per heavy atom. The Hall–Kier alpha value is -3.78. The SMILES string of the molecule is Cc1cc(C(=O)N(C)CCCN(C)C)ccc1-n1nc(C2=NC3(C(=O)O2)C2CC4CC(C2)CC3C4)cc1-c1c(C)cccc1C. The summed E-state index contributed by atoms with van der Waals surface area (Å²) in [6.45, 7) is 7.86. The van der Waals surface area contributed by atoms with Gasteiger partial charge in [0.05, 0.1) is 11.4 Å². The Morgan fingerprint density at radius 1 is 0.911 bits per heavy atom. The van der Waals surface area contributed by atoms with Crippen LogP contribution in [0, 0.1) is 44.4 Å². The van der Waals surface area contributed by atoms with Crippen LogP contribution in [0.1, 0.15) is 71.3 Å². The summed E-state index contributed by atoms with van der Waals surface area (Å²) in [7, 11) is 5.95. The molecule has 4 aliphatic carbocycles. The molecular weight excluding hydrogens is 562 g/mol. The van der Waals surface area contributed by atoms with Crippen LogP contribution in [-0.4, -0.2) is 77.1 Å². The van der Waals surface area contributed by atoms with Gasteiger partial charge in [0, 0.05) is 24.7 Å². The Morgan fingerprint density at radius 3 is 2.20 bits per heavy atom. The molecule has 1 aliphatic heterocycles. The van der Waals surface area contributed by atoms with E-state index in [1.54, 1.807) is 4.90 Å². The zero-order valence-electron chi connectivity index (χ0n) is 27.5. The van der Waals surface area contributed by atoms with Gasteiger partial charge in [0.15, 0.2) is 5.54 Å². The second-order valence-corrected chi connectivity index (χ2v) is 14.4. The molecule has 8 rings (SSSR count). The fraction of sp³-hybridized carbons (Fsp3) is 0.514. The first-order chi connectivity index (χ1) is 21.5. The average Bonchev–Trinajstić information content (AvgIpc) is 3.57. The van der Waals surface area contributed by atoms with Gasteiger partial charge in [-0.25, -0.2) is 14.5 Å². The van der Waals surface area contributed by atoms with E-state index in [9.17, 15) is 9.59 Å². The minimum absolute atomic E-state index is 0.00715. The van der Waals surface area contributed by atoms with Crippen molar-refractivity contribution < 1.29 is 14.3 Å². The van der Waals surface area contributed by atoms with Gasteiger partial charge in [0.1, 0.15) is 5.69 Å². The first kappa shape index (κ1) is 29.9. The van der Waals surface area contributed by atoms with Crippen molar-refractivity contribution in [2.24, 2.45) is 28.7 Å². The second kappa shape index (κ2) is 11.2. The van der Waals surface area contributed by atoms with E-state index >= 15 is 0 Å². The lowest BCUT2D eigenvalue weighted by atomic mass is 9.49. The Balaban J connectivity index is 1.26. The number of hydrogen-bond donors (Lipinski definition) is 0. The molecule has 5 aliphatic rings. The van der Waals surface area contributed by atoms with Gasteiger partial charge in [-0.2, -0.15) is 5.10 Å². The molecule has 0 N–H and O–H groups in total. The minimum Gasteiger partial charge on any atom is -0.404 e. The molecule has 4 bridgehead atoms. The molecule has 1 aromatic heterocycles. The molecule has 8 nitrogen and oxygen atoms in total. The summed E-state index contributed by atoms with van der Waals surface area (Å²) in [5, 5.41) is 5.09. The molecule has 4 fully saturated rings. The van der Waals surface area contributed by atoms with Crippen LogP contribution in [0.25, 0.3) is 16.9 Å². The fourth-order valence-corrected chi connectivity index (χ4v) is 8.97. The van der Waals surface area contributed by atoms with Crippen molar-refractivity contribution in [1.29, 1.82) is 0 Å². The maximum atomic E-state index is 13.7. The van der Waals surface area contributed by atoms with Crippen LogP contribution < -0.4 is 0 Å². The van der Waals surface area contributed by atoms with E-state index in [0.717, 1.165) is 84.1 Å². The van der Waals surface area contributed by atoms with E-state index in [1.165, 1.54) is 6.42 Å². The van der Waals surface area contributed by atoms with Crippen molar-refractivity contribution in [2.45, 2.75) is 64.8 Å². The normalized spacial score (nSPS) is 26.6. The van der Waals surface area contributed by atoms with E-state index in [0.29, 0.717) is 23.7 Å². The average molecular weight is 608 g/mol. The van der Waals surface area contributed by atoms with Crippen LogP contribution in [0.15, 0.2) is 47.5 Å². The third-order valence-electron chi connectivity index (χ3n) is 11.0. The Bertz CT molecular complexity index is 1650. The van der Waals surface area contributed by atoms with E-state index < -0.39 is 5.54 Å². The fourth-order valence-electron chi connectivity index (χ4n) is 8.97. The second-order valence-electron chi connectivity index (χ2n) is 14.4. The zero-order chi connectivity index (χ0) is 31.6. The topological polar surface area (TPSA) is 80.0 Å². The highest BCUT2D eigenvalue weighted by Crippen LogP contribution is 2.61. The van der Waals surface area contributed by atoms with Gasteiger partial charge < -0.3 is 14.5 Å². The number of carbonyl (C=O) groups excluding carboxylic acids is 2. The number of aliphatic imine (C=N–C) groups is 1. The highest BCUT2D eigenvalue weighted by atomic mass is 16.6. The predicted octanol–water partition coefficient (Wildman–Crippen LogP) is 5.99. The minimum atomic E-state index is -0.748. The molecule has 4 saturated carbocycles. The number of amides is 1. The summed E-state index contributed by atoms with van der Waals surface area (Å²) in [6, 6.07) is 14.1. The highest BCUT2D eigenvalue weighted by molar-refractivity contribution is 6.08. The number of aryl methyl sites for hydroxylation is 3. The number of nitrogens with zero attached hydrogens (tertiary/aromatic N) is 5. The van der Waals surface area contributed by atoms with Gasteiger partial charge in [-0.05, 0) is 145 Å². The van der Waals surface area contributed by atoms with Gasteiger partial charge in [-0.3, -0.25) is 4.79 Å². The summed E-state index contributed by atoms with van der Waals surface area (Å²) in [4.78, 5) is 36.1. The number of benzene rings is 2. The van der Waals surface area contributed by atoms with E-state index in [1.807, 2.05) is 57.0 Å². The maximum Gasteiger partial charge on any atom is 0.341 e. The van der Waals surface area contributed by atoms with Crippen LogP contribution in [0.5, 0.6) is 0 Å². The molecule has 236 valence electrons. The van der Waals surface area contributed by atoms with Crippen molar-refractivity contribution in [3.8, 4) is 16.9 Å². The lowest BCUT2D eigenvalue weighted by Crippen LogP contribution is -2.59. The number of ether oxygens (including phenoxy) is 1. The number of aromatic nitrogens is 2. The molecule has 2 heterocycles. The van der Waals surface area contributed by atoms with Crippen LogP contribution in [-0.2, 0) is 9.53 Å². The summed E-state index contributed by atoms with van der Waals surface area (Å²) < 4.78 is 8.00. The van der Waals surface area contributed by atoms with Crippen LogP contribution >= 0.6 is 0 Å². The van der Waals surface area contributed by atoms with Crippen molar-refractivity contribution in [2.75, 3.05) is 34.2 Å². The van der Waals surface area contributed by atoms with Crippen LogP contribution in [0.2, 0.25) is 0 Å². The standard InChI is InChI=1S/C37H45N5O3/c1-22-9-7-10-23(2)33(22)32-21-30(34-38-37(36(44)45-34)28-17-25-16-26(19-28)20-29(37)18-25)39-42(32)31-12-11-27(15-24(31)3)35(43)41(6)14-8-13-40(4)5/h7,9-12,15,21,25-26,28-29H,8,13-14,16-20H2,1-6H3. The zero-order valence-corrected chi connectivity index (χ0v) is 27.5. The molecular formula is C37H45N5O3. The van der Waals surface area contributed by atoms with Gasteiger partial charge in [0.2, 0.25) is 5.90 Å². The Kier molecular flexibility index (Phi) is 7.46. The summed E-state index contributed by atoms with van der Waals surface area (Å²) in [5.41, 5.74) is 6.56. The third-order valence-corrected chi connectivity index (χ3v) is 11.0. The predicted molar refractivity (Wildman–Crippen MR) is 176 cm³/mol.